The number of hydrogen-bond donors (Lipinski definition) is 4. The summed E-state index contributed by atoms with van der Waals surface area (Å²) in [4.78, 5) is 47.8. The minimum absolute atomic E-state index is 0.00499. The third-order valence-corrected chi connectivity index (χ3v) is 7.01. The first-order valence-electron chi connectivity index (χ1n) is 13.8. The van der Waals surface area contributed by atoms with Gasteiger partial charge in [-0.2, -0.15) is 0 Å². The normalized spacial score (nSPS) is 14.3. The van der Waals surface area contributed by atoms with Crippen LogP contribution >= 0.6 is 0 Å². The maximum atomic E-state index is 15.0. The number of likely N-dealkylation sites (tertiary alicyclic amines) is 1. The molecule has 12 nitrogen and oxygen atoms in total. The number of aromatic amines is 1. The molecular weight excluding hydrogens is 557 g/mol. The van der Waals surface area contributed by atoms with E-state index < -0.39 is 22.9 Å². The fraction of sp³-hybridized carbons (Fsp3) is 0.300. The Hall–Kier alpha value is -5.04. The Balaban J connectivity index is 1.19. The van der Waals surface area contributed by atoms with Crippen molar-refractivity contribution in [3.05, 3.63) is 93.9 Å². The summed E-state index contributed by atoms with van der Waals surface area (Å²) in [5.74, 6) is -1.16. The molecule has 1 aliphatic rings. The lowest BCUT2D eigenvalue weighted by molar-refractivity contribution is 0.0551. The second kappa shape index (κ2) is 12.4. The van der Waals surface area contributed by atoms with E-state index in [1.807, 2.05) is 6.07 Å². The zero-order valence-corrected chi connectivity index (χ0v) is 23.8. The summed E-state index contributed by atoms with van der Waals surface area (Å²) in [6, 6.07) is 14.2. The molecule has 0 bridgehead atoms. The van der Waals surface area contributed by atoms with Crippen molar-refractivity contribution in [2.45, 2.75) is 38.7 Å². The summed E-state index contributed by atoms with van der Waals surface area (Å²) < 4.78 is 21.8. The van der Waals surface area contributed by atoms with Gasteiger partial charge in [-0.3, -0.25) is 20.0 Å². The van der Waals surface area contributed by atoms with Crippen LogP contribution in [0, 0.1) is 12.7 Å². The van der Waals surface area contributed by atoms with Gasteiger partial charge in [-0.1, -0.05) is 24.3 Å². The number of H-pyrrole nitrogens is 1. The topological polar surface area (TPSA) is 154 Å². The lowest BCUT2D eigenvalue weighted by Crippen LogP contribution is -2.43. The molecule has 3 heterocycles. The molecule has 1 saturated heterocycles. The Morgan fingerprint density at radius 3 is 2.58 bits per heavy atom. The van der Waals surface area contributed by atoms with Crippen LogP contribution in [0.4, 0.5) is 15.0 Å². The van der Waals surface area contributed by atoms with E-state index in [2.05, 4.69) is 25.7 Å². The van der Waals surface area contributed by atoms with E-state index in [1.165, 1.54) is 36.1 Å². The van der Waals surface area contributed by atoms with Gasteiger partial charge in [0.15, 0.2) is 11.6 Å². The van der Waals surface area contributed by atoms with Crippen molar-refractivity contribution in [1.29, 1.82) is 0 Å². The summed E-state index contributed by atoms with van der Waals surface area (Å²) in [5.41, 5.74) is -0.607. The van der Waals surface area contributed by atoms with Crippen LogP contribution in [0.1, 0.15) is 41.4 Å². The van der Waals surface area contributed by atoms with Crippen molar-refractivity contribution < 1.29 is 23.8 Å². The molecule has 4 N–H and O–H groups in total. The molecular formula is C30H32FN7O5. The molecule has 0 aliphatic carbocycles. The number of halogens is 1. The van der Waals surface area contributed by atoms with Crippen LogP contribution in [0.15, 0.2) is 65.7 Å². The largest absolute Gasteiger partial charge is 0.436 e. The monoisotopic (exact) mass is 589 g/mol. The van der Waals surface area contributed by atoms with E-state index in [-0.39, 0.29) is 42.0 Å². The number of ether oxygens (including phenoxy) is 1. The first kappa shape index (κ1) is 29.5. The average Bonchev–Trinajstić information content (AvgIpc) is 3.62. The van der Waals surface area contributed by atoms with E-state index in [0.717, 1.165) is 12.8 Å². The molecule has 3 amide bonds. The summed E-state index contributed by atoms with van der Waals surface area (Å²) >= 11 is 0. The highest BCUT2D eigenvalue weighted by molar-refractivity contribution is 5.95. The van der Waals surface area contributed by atoms with Gasteiger partial charge in [-0.05, 0) is 56.5 Å². The van der Waals surface area contributed by atoms with E-state index in [0.29, 0.717) is 30.0 Å². The Morgan fingerprint density at radius 1 is 1.12 bits per heavy atom. The summed E-state index contributed by atoms with van der Waals surface area (Å²) in [6.45, 7) is 4.29. The third-order valence-electron chi connectivity index (χ3n) is 7.01. The van der Waals surface area contributed by atoms with Crippen molar-refractivity contribution in [3.63, 3.8) is 0 Å². The highest BCUT2D eigenvalue weighted by Crippen LogP contribution is 2.26. The molecule has 224 valence electrons. The number of para-hydroxylation sites is 1. The number of benzene rings is 2. The number of hydrogen-bond acceptors (Lipinski definition) is 7. The van der Waals surface area contributed by atoms with Gasteiger partial charge in [-0.15, -0.1) is 0 Å². The van der Waals surface area contributed by atoms with Gasteiger partial charge < -0.3 is 20.1 Å². The van der Waals surface area contributed by atoms with E-state index >= 15 is 0 Å². The van der Waals surface area contributed by atoms with Gasteiger partial charge in [0.25, 0.3) is 11.5 Å². The fourth-order valence-corrected chi connectivity index (χ4v) is 4.86. The Bertz CT molecular complexity index is 1680. The quantitative estimate of drug-likeness (QED) is 0.233. The maximum absolute atomic E-state index is 15.0. The Morgan fingerprint density at radius 2 is 1.86 bits per heavy atom. The molecule has 0 radical (unpaired) electrons. The number of aryl methyl sites for hydroxylation is 1. The third kappa shape index (κ3) is 7.07. The first-order chi connectivity index (χ1) is 20.6. The molecule has 1 aliphatic heterocycles. The van der Waals surface area contributed by atoms with Crippen LogP contribution in [0.2, 0.25) is 0 Å². The second-order valence-electron chi connectivity index (χ2n) is 10.7. The van der Waals surface area contributed by atoms with Gasteiger partial charge in [0.1, 0.15) is 17.7 Å². The number of nitrogens with one attached hydrogen (secondary N) is 3. The van der Waals surface area contributed by atoms with Gasteiger partial charge >= 0.3 is 6.03 Å². The van der Waals surface area contributed by atoms with Crippen LogP contribution in [-0.2, 0) is 6.42 Å². The second-order valence-corrected chi connectivity index (χ2v) is 10.7. The number of carbonyl (C=O) groups excluding carboxylic acids is 2. The summed E-state index contributed by atoms with van der Waals surface area (Å²) in [7, 11) is 0. The molecule has 1 fully saturated rings. The predicted molar refractivity (Wildman–Crippen MR) is 156 cm³/mol. The molecule has 4 aromatic rings. The zero-order valence-electron chi connectivity index (χ0n) is 23.8. The molecule has 2 aromatic heterocycles. The molecule has 0 saturated carbocycles. The molecule has 0 spiro atoms. The van der Waals surface area contributed by atoms with E-state index in [1.54, 1.807) is 42.2 Å². The van der Waals surface area contributed by atoms with E-state index in [9.17, 15) is 23.9 Å². The van der Waals surface area contributed by atoms with Gasteiger partial charge in [0.2, 0.25) is 5.88 Å². The average molecular weight is 590 g/mol. The van der Waals surface area contributed by atoms with Crippen LogP contribution in [0.5, 0.6) is 11.6 Å². The highest BCUT2D eigenvalue weighted by atomic mass is 19.1. The summed E-state index contributed by atoms with van der Waals surface area (Å²) in [6.07, 6.45) is 3.12. The molecule has 43 heavy (non-hydrogen) atoms. The highest BCUT2D eigenvalue weighted by Gasteiger charge is 2.26. The number of urea groups is 1. The van der Waals surface area contributed by atoms with E-state index in [4.69, 9.17) is 4.74 Å². The first-order valence-corrected chi connectivity index (χ1v) is 13.8. The molecule has 5 rings (SSSR count). The SMILES string of the molecule is Cc1[nH]n(-c2ccccc2)c(=O)c1C(=O)NCC(C)(O)Cc1ccc(Oc2cc(NC(=O)N3CCCC3)ncn2)c(F)c1. The van der Waals surface area contributed by atoms with Gasteiger partial charge in [-0.25, -0.2) is 23.8 Å². The Kier molecular flexibility index (Phi) is 8.53. The van der Waals surface area contributed by atoms with Crippen molar-refractivity contribution >= 4 is 17.8 Å². The smallest absolute Gasteiger partial charge is 0.323 e. The lowest BCUT2D eigenvalue weighted by atomic mass is 9.96. The van der Waals surface area contributed by atoms with Crippen molar-refractivity contribution in [3.8, 4) is 17.3 Å². The number of aromatic nitrogens is 4. The molecule has 1 unspecified atom stereocenters. The zero-order chi connectivity index (χ0) is 30.6. The van der Waals surface area contributed by atoms with Crippen molar-refractivity contribution in [1.82, 2.24) is 30.0 Å². The predicted octanol–water partition coefficient (Wildman–Crippen LogP) is 3.55. The van der Waals surface area contributed by atoms with Gasteiger partial charge in [0, 0.05) is 37.8 Å². The maximum Gasteiger partial charge on any atom is 0.323 e. The van der Waals surface area contributed by atoms with Crippen LogP contribution in [-0.4, -0.2) is 66.9 Å². The number of aliphatic hydroxyl groups is 1. The molecule has 2 aromatic carbocycles. The van der Waals surface area contributed by atoms with Crippen molar-refractivity contribution in [2.24, 2.45) is 0 Å². The lowest BCUT2D eigenvalue weighted by Gasteiger charge is -2.24. The number of anilines is 1. The summed E-state index contributed by atoms with van der Waals surface area (Å²) in [5, 5.41) is 19.1. The fourth-order valence-electron chi connectivity index (χ4n) is 4.86. The molecule has 1 atom stereocenters. The van der Waals surface area contributed by atoms with Crippen LogP contribution < -0.4 is 20.9 Å². The van der Waals surface area contributed by atoms with Gasteiger partial charge in [0.05, 0.1) is 11.3 Å². The Labute approximate surface area is 246 Å². The van der Waals surface area contributed by atoms with Crippen LogP contribution in [0.25, 0.3) is 5.69 Å². The molecule has 13 heteroatoms. The number of amides is 3. The minimum Gasteiger partial charge on any atom is -0.436 e. The minimum atomic E-state index is -1.46. The number of nitrogens with zero attached hydrogens (tertiary/aromatic N) is 4. The van der Waals surface area contributed by atoms with Crippen molar-refractivity contribution in [2.75, 3.05) is 25.0 Å². The number of carbonyl (C=O) groups is 2. The van der Waals surface area contributed by atoms with Crippen LogP contribution in [0.3, 0.4) is 0 Å². The number of rotatable bonds is 9. The standard InChI is InChI=1S/C30H32FN7O5/c1-19-26(28(40)38(36-19)21-8-4-3-5-9-21)27(39)32-17-30(2,42)16-20-10-11-23(22(31)14-20)43-25-15-24(33-18-34-25)35-29(41)37-12-6-7-13-37/h3-5,8-11,14-15,18,36,42H,6-7,12-13,16-17H2,1-2H3,(H,32,39)(H,33,34,35,41).